The van der Waals surface area contributed by atoms with E-state index in [-0.39, 0.29) is 0 Å². The molecule has 3 nitrogen and oxygen atoms in total. The highest BCUT2D eigenvalue weighted by Gasteiger charge is 2.18. The Balaban J connectivity index is 1.53. The molecule has 0 amide bonds. The Kier molecular flexibility index (Phi) is 4.06. The van der Waals surface area contributed by atoms with Gasteiger partial charge in [0.05, 0.1) is 19.8 Å². The summed E-state index contributed by atoms with van der Waals surface area (Å²) in [5, 5.41) is 0. The molecule has 1 atom stereocenters. The molecule has 0 aliphatic carbocycles. The van der Waals surface area contributed by atoms with Crippen molar-refractivity contribution in [1.82, 2.24) is 4.90 Å². The summed E-state index contributed by atoms with van der Waals surface area (Å²) in [6.07, 6.45) is 1.03. The van der Waals surface area contributed by atoms with Crippen molar-refractivity contribution >= 4 is 0 Å². The quantitative estimate of drug-likeness (QED) is 0.863. The maximum atomic E-state index is 5.68. The highest BCUT2D eigenvalue weighted by molar-refractivity contribution is 5.66. The van der Waals surface area contributed by atoms with Gasteiger partial charge in [-0.25, -0.2) is 0 Å². The van der Waals surface area contributed by atoms with Crippen molar-refractivity contribution in [1.29, 1.82) is 0 Å². The standard InChI is InChI=1S/C20H23NO2/c1-15(21-9-12-22-13-10-21)16-2-4-17(5-3-16)19-7-6-18-8-11-23-20(18)14-19/h2-7,14-15H,8-13H2,1H3. The van der Waals surface area contributed by atoms with E-state index in [2.05, 4.69) is 54.3 Å². The number of hydrogen-bond acceptors (Lipinski definition) is 3. The van der Waals surface area contributed by atoms with E-state index in [1.54, 1.807) is 0 Å². The van der Waals surface area contributed by atoms with Crippen LogP contribution in [0.15, 0.2) is 42.5 Å². The lowest BCUT2D eigenvalue weighted by Gasteiger charge is -2.32. The van der Waals surface area contributed by atoms with Crippen molar-refractivity contribution in [3.63, 3.8) is 0 Å². The molecule has 4 rings (SSSR count). The lowest BCUT2D eigenvalue weighted by Crippen LogP contribution is -2.37. The van der Waals surface area contributed by atoms with Gasteiger partial charge in [-0.2, -0.15) is 0 Å². The summed E-state index contributed by atoms with van der Waals surface area (Å²) in [5.41, 5.74) is 5.18. The first kappa shape index (κ1) is 14.7. The molecular weight excluding hydrogens is 286 g/mol. The van der Waals surface area contributed by atoms with Gasteiger partial charge in [0, 0.05) is 25.6 Å². The van der Waals surface area contributed by atoms with Crippen LogP contribution in [0.2, 0.25) is 0 Å². The fourth-order valence-corrected chi connectivity index (χ4v) is 3.48. The van der Waals surface area contributed by atoms with Crippen molar-refractivity contribution in [3.8, 4) is 16.9 Å². The van der Waals surface area contributed by atoms with Crippen LogP contribution in [0.25, 0.3) is 11.1 Å². The number of benzene rings is 2. The summed E-state index contributed by atoms with van der Waals surface area (Å²) in [6, 6.07) is 16.0. The fourth-order valence-electron chi connectivity index (χ4n) is 3.48. The normalized spacial score (nSPS) is 19.2. The predicted octanol–water partition coefficient (Wildman–Crippen LogP) is 3.68. The Morgan fingerprint density at radius 2 is 1.65 bits per heavy atom. The van der Waals surface area contributed by atoms with Gasteiger partial charge in [-0.1, -0.05) is 36.4 Å². The van der Waals surface area contributed by atoms with Crippen LogP contribution >= 0.6 is 0 Å². The van der Waals surface area contributed by atoms with E-state index in [0.717, 1.165) is 45.1 Å². The van der Waals surface area contributed by atoms with Gasteiger partial charge in [-0.15, -0.1) is 0 Å². The van der Waals surface area contributed by atoms with E-state index < -0.39 is 0 Å². The lowest BCUT2D eigenvalue weighted by molar-refractivity contribution is 0.0198. The number of rotatable bonds is 3. The Labute approximate surface area is 137 Å². The Hall–Kier alpha value is -1.84. The summed E-state index contributed by atoms with van der Waals surface area (Å²) in [4.78, 5) is 2.49. The molecule has 2 aliphatic heterocycles. The van der Waals surface area contributed by atoms with Gasteiger partial charge < -0.3 is 9.47 Å². The topological polar surface area (TPSA) is 21.7 Å². The smallest absolute Gasteiger partial charge is 0.123 e. The largest absolute Gasteiger partial charge is 0.493 e. The molecule has 1 fully saturated rings. The minimum Gasteiger partial charge on any atom is -0.493 e. The molecule has 2 aromatic carbocycles. The van der Waals surface area contributed by atoms with Gasteiger partial charge >= 0.3 is 0 Å². The zero-order valence-corrected chi connectivity index (χ0v) is 13.6. The molecule has 2 heterocycles. The molecular formula is C20H23NO2. The second-order valence-corrected chi connectivity index (χ2v) is 6.37. The third-order valence-corrected chi connectivity index (χ3v) is 5.02. The number of fused-ring (bicyclic) bond motifs is 1. The fraction of sp³-hybridized carbons (Fsp3) is 0.400. The van der Waals surface area contributed by atoms with Crippen LogP contribution in [0, 0.1) is 0 Å². The predicted molar refractivity (Wildman–Crippen MR) is 91.9 cm³/mol. The van der Waals surface area contributed by atoms with E-state index in [9.17, 15) is 0 Å². The highest BCUT2D eigenvalue weighted by atomic mass is 16.5. The molecule has 3 heteroatoms. The maximum Gasteiger partial charge on any atom is 0.123 e. The van der Waals surface area contributed by atoms with Crippen LogP contribution in [0.1, 0.15) is 24.1 Å². The molecule has 0 aromatic heterocycles. The van der Waals surface area contributed by atoms with Gasteiger partial charge in [0.1, 0.15) is 5.75 Å². The molecule has 0 N–H and O–H groups in total. The zero-order chi connectivity index (χ0) is 15.6. The minimum absolute atomic E-state index is 0.441. The van der Waals surface area contributed by atoms with Crippen LogP contribution in [0.3, 0.4) is 0 Å². The zero-order valence-electron chi connectivity index (χ0n) is 13.6. The number of hydrogen-bond donors (Lipinski definition) is 0. The van der Waals surface area contributed by atoms with E-state index in [1.807, 2.05) is 0 Å². The van der Waals surface area contributed by atoms with Crippen LogP contribution in [0.5, 0.6) is 5.75 Å². The van der Waals surface area contributed by atoms with Crippen LogP contribution in [-0.4, -0.2) is 37.8 Å². The summed E-state index contributed by atoms with van der Waals surface area (Å²) in [6.45, 7) is 6.82. The van der Waals surface area contributed by atoms with Gasteiger partial charge in [0.15, 0.2) is 0 Å². The molecule has 0 radical (unpaired) electrons. The molecule has 2 aromatic rings. The molecule has 0 spiro atoms. The number of morpholine rings is 1. The second kappa shape index (κ2) is 6.34. The second-order valence-electron chi connectivity index (χ2n) is 6.37. The van der Waals surface area contributed by atoms with Crippen LogP contribution in [-0.2, 0) is 11.2 Å². The third kappa shape index (κ3) is 2.99. The van der Waals surface area contributed by atoms with E-state index >= 15 is 0 Å². The third-order valence-electron chi connectivity index (χ3n) is 5.02. The molecule has 23 heavy (non-hydrogen) atoms. The van der Waals surface area contributed by atoms with Crippen LogP contribution < -0.4 is 4.74 Å². The van der Waals surface area contributed by atoms with Crippen molar-refractivity contribution in [2.45, 2.75) is 19.4 Å². The average molecular weight is 309 g/mol. The van der Waals surface area contributed by atoms with E-state index in [1.165, 1.54) is 22.3 Å². The van der Waals surface area contributed by atoms with Crippen molar-refractivity contribution in [3.05, 3.63) is 53.6 Å². The molecule has 0 bridgehead atoms. The average Bonchev–Trinajstić information content (AvgIpc) is 3.10. The number of ether oxygens (including phenoxy) is 2. The van der Waals surface area contributed by atoms with E-state index in [4.69, 9.17) is 9.47 Å². The Morgan fingerprint density at radius 3 is 2.43 bits per heavy atom. The summed E-state index contributed by atoms with van der Waals surface area (Å²) >= 11 is 0. The molecule has 0 saturated carbocycles. The Morgan fingerprint density at radius 1 is 0.913 bits per heavy atom. The van der Waals surface area contributed by atoms with Gasteiger partial charge in [0.2, 0.25) is 0 Å². The lowest BCUT2D eigenvalue weighted by atomic mass is 9.99. The SMILES string of the molecule is CC(c1ccc(-c2ccc3c(c2)OCC3)cc1)N1CCOCC1. The minimum atomic E-state index is 0.441. The monoisotopic (exact) mass is 309 g/mol. The summed E-state index contributed by atoms with van der Waals surface area (Å²) in [7, 11) is 0. The summed E-state index contributed by atoms with van der Waals surface area (Å²) < 4.78 is 11.1. The molecule has 1 unspecified atom stereocenters. The van der Waals surface area contributed by atoms with Gasteiger partial charge in [0.25, 0.3) is 0 Å². The van der Waals surface area contributed by atoms with E-state index in [0.29, 0.717) is 6.04 Å². The van der Waals surface area contributed by atoms with Gasteiger partial charge in [-0.05, 0) is 35.2 Å². The van der Waals surface area contributed by atoms with Crippen molar-refractivity contribution in [2.75, 3.05) is 32.9 Å². The maximum absolute atomic E-state index is 5.68. The molecule has 120 valence electrons. The van der Waals surface area contributed by atoms with Crippen LogP contribution in [0.4, 0.5) is 0 Å². The number of nitrogens with zero attached hydrogens (tertiary/aromatic N) is 1. The van der Waals surface area contributed by atoms with Crippen molar-refractivity contribution < 1.29 is 9.47 Å². The summed E-state index contributed by atoms with van der Waals surface area (Å²) in [5.74, 6) is 1.05. The first-order valence-corrected chi connectivity index (χ1v) is 8.49. The first-order valence-electron chi connectivity index (χ1n) is 8.49. The van der Waals surface area contributed by atoms with Gasteiger partial charge in [-0.3, -0.25) is 4.90 Å². The highest BCUT2D eigenvalue weighted by Crippen LogP contribution is 2.32. The molecule has 2 aliphatic rings. The van der Waals surface area contributed by atoms with Crippen molar-refractivity contribution in [2.24, 2.45) is 0 Å². The molecule has 1 saturated heterocycles. The first-order chi connectivity index (χ1) is 11.3. The Bertz CT molecular complexity index is 675.